The largest absolute Gasteiger partial charge is 0.493 e. The number of carbonyl (C=O) groups is 2. The first-order chi connectivity index (χ1) is 10.0. The molecule has 0 bridgehead atoms. The third-order valence-corrected chi connectivity index (χ3v) is 3.69. The van der Waals surface area contributed by atoms with E-state index in [2.05, 4.69) is 0 Å². The molecule has 22 heavy (non-hydrogen) atoms. The lowest BCUT2D eigenvalue weighted by Gasteiger charge is -2.18. The van der Waals surface area contributed by atoms with Gasteiger partial charge in [0, 0.05) is 18.1 Å². The number of hydrogen-bond acceptors (Lipinski definition) is 3. The van der Waals surface area contributed by atoms with Gasteiger partial charge >= 0.3 is 5.97 Å². The summed E-state index contributed by atoms with van der Waals surface area (Å²) in [4.78, 5) is 25.1. The number of hydrogen-bond donors (Lipinski definition) is 1. The Labute approximate surface area is 140 Å². The molecule has 1 aliphatic rings. The molecule has 1 aromatic rings. The van der Waals surface area contributed by atoms with E-state index in [1.165, 1.54) is 0 Å². The van der Waals surface area contributed by atoms with Gasteiger partial charge in [-0.05, 0) is 31.0 Å². The summed E-state index contributed by atoms with van der Waals surface area (Å²) in [6, 6.07) is 4.92. The predicted molar refractivity (Wildman–Crippen MR) is 86.1 cm³/mol. The molecule has 0 aliphatic carbocycles. The summed E-state index contributed by atoms with van der Waals surface area (Å²) in [5.74, 6) is -1.09. The molecule has 1 fully saturated rings. The fraction of sp³-hybridized carbons (Fsp3) is 0.467. The maximum atomic E-state index is 12.5. The monoisotopic (exact) mass is 347 g/mol. The molecule has 1 saturated heterocycles. The van der Waals surface area contributed by atoms with Gasteiger partial charge in [-0.1, -0.05) is 18.5 Å². The topological polar surface area (TPSA) is 66.8 Å². The molecule has 0 radical (unpaired) electrons. The number of rotatable bonds is 5. The lowest BCUT2D eigenvalue weighted by atomic mass is 10.1. The minimum Gasteiger partial charge on any atom is -0.493 e. The number of likely N-dealkylation sites (tertiary alicyclic amines) is 1. The molecule has 1 aliphatic heterocycles. The number of carboxylic acids is 1. The quantitative estimate of drug-likeness (QED) is 0.888. The number of halogens is 2. The van der Waals surface area contributed by atoms with Gasteiger partial charge in [0.2, 0.25) is 0 Å². The number of aliphatic carboxylic acids is 1. The van der Waals surface area contributed by atoms with E-state index in [9.17, 15) is 9.59 Å². The maximum absolute atomic E-state index is 12.5. The van der Waals surface area contributed by atoms with Crippen LogP contribution in [0.15, 0.2) is 18.2 Å². The number of amides is 1. The Morgan fingerprint density at radius 2 is 2.18 bits per heavy atom. The fourth-order valence-corrected chi connectivity index (χ4v) is 2.50. The highest BCUT2D eigenvalue weighted by molar-refractivity contribution is 6.31. The highest BCUT2D eigenvalue weighted by Crippen LogP contribution is 2.27. The summed E-state index contributed by atoms with van der Waals surface area (Å²) in [6.45, 7) is 3.17. The summed E-state index contributed by atoms with van der Waals surface area (Å²) < 4.78 is 5.57. The van der Waals surface area contributed by atoms with Crippen LogP contribution in [0.25, 0.3) is 0 Å². The lowest BCUT2D eigenvalue weighted by Crippen LogP contribution is -2.30. The second-order valence-electron chi connectivity index (χ2n) is 5.06. The van der Waals surface area contributed by atoms with E-state index in [1.807, 2.05) is 6.92 Å². The zero-order valence-corrected chi connectivity index (χ0v) is 13.8. The van der Waals surface area contributed by atoms with E-state index in [0.29, 0.717) is 35.9 Å². The van der Waals surface area contributed by atoms with E-state index in [1.54, 1.807) is 23.1 Å². The van der Waals surface area contributed by atoms with Gasteiger partial charge in [-0.15, -0.1) is 12.4 Å². The van der Waals surface area contributed by atoms with Gasteiger partial charge in [-0.25, -0.2) is 0 Å². The second-order valence-corrected chi connectivity index (χ2v) is 5.50. The standard InChI is InChI=1S/C15H18ClNO4.ClH/c1-2-7-21-13-4-3-11(16)8-12(13)14(18)17-6-5-10(9-17)15(19)20;/h3-4,8,10H,2,5-7,9H2,1H3,(H,19,20);1H. The molecule has 0 saturated carbocycles. The van der Waals surface area contributed by atoms with E-state index in [-0.39, 0.29) is 24.9 Å². The van der Waals surface area contributed by atoms with Crippen molar-refractivity contribution in [3.8, 4) is 5.75 Å². The van der Waals surface area contributed by atoms with Crippen molar-refractivity contribution in [2.45, 2.75) is 19.8 Å². The summed E-state index contributed by atoms with van der Waals surface area (Å²) in [5.41, 5.74) is 0.391. The first-order valence-corrected chi connectivity index (χ1v) is 7.35. The highest BCUT2D eigenvalue weighted by Gasteiger charge is 2.32. The smallest absolute Gasteiger partial charge is 0.308 e. The van der Waals surface area contributed by atoms with Gasteiger partial charge in [0.05, 0.1) is 18.1 Å². The van der Waals surface area contributed by atoms with Crippen molar-refractivity contribution in [3.63, 3.8) is 0 Å². The van der Waals surface area contributed by atoms with Crippen molar-refractivity contribution in [2.24, 2.45) is 5.92 Å². The van der Waals surface area contributed by atoms with Gasteiger partial charge in [0.1, 0.15) is 5.75 Å². The molecular weight excluding hydrogens is 329 g/mol. The zero-order valence-electron chi connectivity index (χ0n) is 12.3. The third kappa shape index (κ3) is 4.27. The average Bonchev–Trinajstić information content (AvgIpc) is 2.95. The molecule has 2 rings (SSSR count). The minimum absolute atomic E-state index is 0. The zero-order chi connectivity index (χ0) is 15.4. The molecule has 1 N–H and O–H groups in total. The van der Waals surface area contributed by atoms with E-state index in [4.69, 9.17) is 21.4 Å². The van der Waals surface area contributed by atoms with E-state index < -0.39 is 11.9 Å². The summed E-state index contributed by atoms with van der Waals surface area (Å²) in [5, 5.41) is 9.47. The second kappa shape index (κ2) is 8.25. The number of benzene rings is 1. The number of ether oxygens (including phenoxy) is 1. The number of carboxylic acid groups (broad SMARTS) is 1. The van der Waals surface area contributed by atoms with Crippen molar-refractivity contribution in [3.05, 3.63) is 28.8 Å². The Bertz CT molecular complexity index is 550. The van der Waals surface area contributed by atoms with Crippen LogP contribution in [0.5, 0.6) is 5.75 Å². The van der Waals surface area contributed by atoms with Crippen LogP contribution >= 0.6 is 24.0 Å². The molecule has 0 spiro atoms. The highest BCUT2D eigenvalue weighted by atomic mass is 35.5. The van der Waals surface area contributed by atoms with Gasteiger partial charge in [-0.2, -0.15) is 0 Å². The van der Waals surface area contributed by atoms with Gasteiger partial charge in [-0.3, -0.25) is 9.59 Å². The molecule has 122 valence electrons. The van der Waals surface area contributed by atoms with Crippen molar-refractivity contribution in [2.75, 3.05) is 19.7 Å². The van der Waals surface area contributed by atoms with Crippen LogP contribution < -0.4 is 4.74 Å². The Morgan fingerprint density at radius 1 is 1.45 bits per heavy atom. The van der Waals surface area contributed by atoms with Crippen LogP contribution in [0, 0.1) is 5.92 Å². The first kappa shape index (κ1) is 18.6. The predicted octanol–water partition coefficient (Wildman–Crippen LogP) is 3.10. The van der Waals surface area contributed by atoms with Crippen molar-refractivity contribution in [1.82, 2.24) is 4.90 Å². The van der Waals surface area contributed by atoms with E-state index in [0.717, 1.165) is 6.42 Å². The van der Waals surface area contributed by atoms with Crippen LogP contribution in [-0.2, 0) is 4.79 Å². The maximum Gasteiger partial charge on any atom is 0.308 e. The molecule has 1 heterocycles. The SMILES string of the molecule is CCCOc1ccc(Cl)cc1C(=O)N1CCC(C(=O)O)C1.Cl. The summed E-state index contributed by atoms with van der Waals surface area (Å²) in [6.07, 6.45) is 1.31. The van der Waals surface area contributed by atoms with Crippen molar-refractivity contribution >= 4 is 35.9 Å². The molecule has 0 aromatic heterocycles. The lowest BCUT2D eigenvalue weighted by molar-refractivity contribution is -0.141. The van der Waals surface area contributed by atoms with Crippen LogP contribution in [-0.4, -0.2) is 41.6 Å². The Hall–Kier alpha value is -1.46. The number of nitrogens with zero attached hydrogens (tertiary/aromatic N) is 1. The molecule has 1 atom stereocenters. The summed E-state index contributed by atoms with van der Waals surface area (Å²) in [7, 11) is 0. The molecule has 7 heteroatoms. The Kier molecular flexibility index (Phi) is 6.97. The molecule has 1 aromatic carbocycles. The van der Waals surface area contributed by atoms with Crippen molar-refractivity contribution < 1.29 is 19.4 Å². The average molecular weight is 348 g/mol. The van der Waals surface area contributed by atoms with Gasteiger partial charge in [0.25, 0.3) is 5.91 Å². The van der Waals surface area contributed by atoms with Crippen LogP contribution in [0.4, 0.5) is 0 Å². The molecule has 1 unspecified atom stereocenters. The molecular formula is C15H19Cl2NO4. The van der Waals surface area contributed by atoms with E-state index >= 15 is 0 Å². The van der Waals surface area contributed by atoms with Gasteiger partial charge < -0.3 is 14.7 Å². The third-order valence-electron chi connectivity index (χ3n) is 3.46. The Morgan fingerprint density at radius 3 is 2.77 bits per heavy atom. The Balaban J connectivity index is 0.00000242. The van der Waals surface area contributed by atoms with Crippen LogP contribution in [0.1, 0.15) is 30.1 Å². The first-order valence-electron chi connectivity index (χ1n) is 6.97. The van der Waals surface area contributed by atoms with Crippen LogP contribution in [0.2, 0.25) is 5.02 Å². The summed E-state index contributed by atoms with van der Waals surface area (Å²) >= 11 is 5.96. The number of carbonyl (C=O) groups excluding carboxylic acids is 1. The normalized spacial score (nSPS) is 17.0. The fourth-order valence-electron chi connectivity index (χ4n) is 2.32. The molecule has 1 amide bonds. The molecule has 5 nitrogen and oxygen atoms in total. The van der Waals surface area contributed by atoms with Crippen LogP contribution in [0.3, 0.4) is 0 Å². The van der Waals surface area contributed by atoms with Gasteiger partial charge in [0.15, 0.2) is 0 Å². The van der Waals surface area contributed by atoms with Crippen molar-refractivity contribution in [1.29, 1.82) is 0 Å². The minimum atomic E-state index is -0.862.